The first-order valence-corrected chi connectivity index (χ1v) is 5.29. The van der Waals surface area contributed by atoms with Crippen molar-refractivity contribution in [3.05, 3.63) is 35.3 Å². The van der Waals surface area contributed by atoms with Gasteiger partial charge >= 0.3 is 5.97 Å². The SMILES string of the molecule is CCOC(=O)c1cnc2cc(F)c(F)c(F)c2c1O. The van der Waals surface area contributed by atoms with Gasteiger partial charge in [-0.2, -0.15) is 0 Å². The Morgan fingerprint density at radius 1 is 1.37 bits per heavy atom. The molecule has 7 heteroatoms. The van der Waals surface area contributed by atoms with Crippen molar-refractivity contribution in [2.75, 3.05) is 6.61 Å². The highest BCUT2D eigenvalue weighted by Gasteiger charge is 2.22. The van der Waals surface area contributed by atoms with Crippen molar-refractivity contribution in [2.24, 2.45) is 0 Å². The molecule has 2 aromatic rings. The lowest BCUT2D eigenvalue weighted by molar-refractivity contribution is 0.0523. The summed E-state index contributed by atoms with van der Waals surface area (Å²) < 4.78 is 44.3. The second-order valence-corrected chi connectivity index (χ2v) is 3.62. The van der Waals surface area contributed by atoms with Gasteiger partial charge in [-0.1, -0.05) is 0 Å². The van der Waals surface area contributed by atoms with Crippen LogP contribution in [0.3, 0.4) is 0 Å². The molecule has 0 fully saturated rings. The van der Waals surface area contributed by atoms with Crippen LogP contribution >= 0.6 is 0 Å². The van der Waals surface area contributed by atoms with Crippen molar-refractivity contribution in [2.45, 2.75) is 6.92 Å². The number of nitrogens with zero attached hydrogens (tertiary/aromatic N) is 1. The number of carbonyl (C=O) groups is 1. The normalized spacial score (nSPS) is 10.7. The van der Waals surface area contributed by atoms with Gasteiger partial charge in [0.2, 0.25) is 0 Å². The van der Waals surface area contributed by atoms with E-state index in [1.807, 2.05) is 0 Å². The van der Waals surface area contributed by atoms with Crippen LogP contribution in [0.25, 0.3) is 10.9 Å². The third kappa shape index (κ3) is 2.07. The molecule has 0 aliphatic rings. The minimum absolute atomic E-state index is 0.0383. The van der Waals surface area contributed by atoms with E-state index in [1.165, 1.54) is 0 Å². The van der Waals surface area contributed by atoms with Gasteiger partial charge in [0.25, 0.3) is 0 Å². The van der Waals surface area contributed by atoms with E-state index in [4.69, 9.17) is 0 Å². The maximum Gasteiger partial charge on any atom is 0.343 e. The summed E-state index contributed by atoms with van der Waals surface area (Å²) in [4.78, 5) is 15.1. The third-order valence-corrected chi connectivity index (χ3v) is 2.46. The van der Waals surface area contributed by atoms with E-state index in [-0.39, 0.29) is 12.1 Å². The van der Waals surface area contributed by atoms with Crippen molar-refractivity contribution in [1.82, 2.24) is 4.98 Å². The van der Waals surface area contributed by atoms with Crippen molar-refractivity contribution < 1.29 is 27.8 Å². The molecule has 0 bridgehead atoms. The van der Waals surface area contributed by atoms with E-state index in [2.05, 4.69) is 9.72 Å². The fourth-order valence-corrected chi connectivity index (χ4v) is 1.60. The first kappa shape index (κ1) is 13.1. The monoisotopic (exact) mass is 271 g/mol. The number of esters is 1. The lowest BCUT2D eigenvalue weighted by Gasteiger charge is -2.08. The van der Waals surface area contributed by atoms with E-state index in [0.717, 1.165) is 6.20 Å². The highest BCUT2D eigenvalue weighted by Crippen LogP contribution is 2.32. The van der Waals surface area contributed by atoms with E-state index in [9.17, 15) is 23.1 Å². The highest BCUT2D eigenvalue weighted by molar-refractivity contribution is 5.99. The molecule has 0 saturated heterocycles. The highest BCUT2D eigenvalue weighted by atomic mass is 19.2. The summed E-state index contributed by atoms with van der Waals surface area (Å²) in [7, 11) is 0. The van der Waals surface area contributed by atoms with Crippen LogP contribution in [-0.4, -0.2) is 22.7 Å². The van der Waals surface area contributed by atoms with E-state index < -0.39 is 40.1 Å². The van der Waals surface area contributed by atoms with Gasteiger partial charge in [-0.05, 0) is 6.92 Å². The summed E-state index contributed by atoms with van der Waals surface area (Å²) >= 11 is 0. The summed E-state index contributed by atoms with van der Waals surface area (Å²) in [6.45, 7) is 1.58. The maximum atomic E-state index is 13.6. The minimum atomic E-state index is -1.74. The molecular weight excluding hydrogens is 263 g/mol. The van der Waals surface area contributed by atoms with Crippen molar-refractivity contribution in [1.29, 1.82) is 0 Å². The molecule has 0 aliphatic carbocycles. The fourth-order valence-electron chi connectivity index (χ4n) is 1.60. The van der Waals surface area contributed by atoms with Gasteiger partial charge in [-0.25, -0.2) is 18.0 Å². The van der Waals surface area contributed by atoms with Crippen LogP contribution in [0.2, 0.25) is 0 Å². The molecule has 1 aromatic carbocycles. The zero-order valence-corrected chi connectivity index (χ0v) is 9.71. The van der Waals surface area contributed by atoms with E-state index >= 15 is 0 Å². The van der Waals surface area contributed by atoms with Gasteiger partial charge in [-0.3, -0.25) is 4.98 Å². The smallest absolute Gasteiger partial charge is 0.343 e. The van der Waals surface area contributed by atoms with Crippen LogP contribution < -0.4 is 0 Å². The lowest BCUT2D eigenvalue weighted by Crippen LogP contribution is -2.06. The molecule has 1 N–H and O–H groups in total. The van der Waals surface area contributed by atoms with Gasteiger partial charge in [-0.15, -0.1) is 0 Å². The number of pyridine rings is 1. The van der Waals surface area contributed by atoms with Gasteiger partial charge in [0.05, 0.1) is 17.5 Å². The van der Waals surface area contributed by atoms with Crippen LogP contribution in [0.15, 0.2) is 12.3 Å². The molecule has 19 heavy (non-hydrogen) atoms. The number of benzene rings is 1. The second kappa shape index (κ2) is 4.75. The summed E-state index contributed by atoms with van der Waals surface area (Å²) in [5, 5.41) is 9.11. The molecule has 0 amide bonds. The summed E-state index contributed by atoms with van der Waals surface area (Å²) in [6.07, 6.45) is 0.909. The topological polar surface area (TPSA) is 59.4 Å². The number of aromatic hydroxyl groups is 1. The molecule has 1 heterocycles. The van der Waals surface area contributed by atoms with Crippen LogP contribution in [0.5, 0.6) is 5.75 Å². The number of carbonyl (C=O) groups excluding carboxylic acids is 1. The van der Waals surface area contributed by atoms with Crippen LogP contribution in [0.1, 0.15) is 17.3 Å². The van der Waals surface area contributed by atoms with Crippen LogP contribution in [0, 0.1) is 17.5 Å². The minimum Gasteiger partial charge on any atom is -0.506 e. The molecule has 2 rings (SSSR count). The lowest BCUT2D eigenvalue weighted by atomic mass is 10.1. The number of fused-ring (bicyclic) bond motifs is 1. The van der Waals surface area contributed by atoms with Gasteiger partial charge < -0.3 is 9.84 Å². The Hall–Kier alpha value is -2.31. The quantitative estimate of drug-likeness (QED) is 0.673. The summed E-state index contributed by atoms with van der Waals surface area (Å²) in [5.74, 6) is -6.55. The Balaban J connectivity index is 2.74. The Kier molecular flexibility index (Phi) is 3.28. The fraction of sp³-hybridized carbons (Fsp3) is 0.167. The van der Waals surface area contributed by atoms with Gasteiger partial charge in [0, 0.05) is 12.3 Å². The molecule has 0 atom stereocenters. The van der Waals surface area contributed by atoms with Crippen molar-refractivity contribution >= 4 is 16.9 Å². The van der Waals surface area contributed by atoms with Crippen molar-refractivity contribution in [3.63, 3.8) is 0 Å². The molecule has 0 aliphatic heterocycles. The van der Waals surface area contributed by atoms with E-state index in [0.29, 0.717) is 6.07 Å². The average molecular weight is 271 g/mol. The number of ether oxygens (including phenoxy) is 1. The average Bonchev–Trinajstić information content (AvgIpc) is 2.36. The molecule has 0 radical (unpaired) electrons. The summed E-state index contributed by atoms with van der Waals surface area (Å²) in [5.41, 5.74) is -0.721. The summed E-state index contributed by atoms with van der Waals surface area (Å²) in [6, 6.07) is 0.627. The molecule has 1 aromatic heterocycles. The molecule has 0 saturated carbocycles. The standard InChI is InChI=1S/C12H8F3NO3/c1-2-19-12(18)5-4-16-7-3-6(13)9(14)10(15)8(7)11(5)17/h3-4H,2H2,1H3,(H,16,17). The van der Waals surface area contributed by atoms with Crippen LogP contribution in [-0.2, 0) is 4.74 Å². The van der Waals surface area contributed by atoms with Crippen molar-refractivity contribution in [3.8, 4) is 5.75 Å². The Morgan fingerprint density at radius 2 is 2.05 bits per heavy atom. The molecular formula is C12H8F3NO3. The molecule has 0 unspecified atom stereocenters. The Morgan fingerprint density at radius 3 is 2.68 bits per heavy atom. The zero-order chi connectivity index (χ0) is 14.2. The predicted octanol–water partition coefficient (Wildman–Crippen LogP) is 2.53. The van der Waals surface area contributed by atoms with E-state index in [1.54, 1.807) is 6.92 Å². The Labute approximate surface area is 105 Å². The second-order valence-electron chi connectivity index (χ2n) is 3.62. The first-order valence-electron chi connectivity index (χ1n) is 5.29. The number of aromatic nitrogens is 1. The van der Waals surface area contributed by atoms with Gasteiger partial charge in [0.1, 0.15) is 11.3 Å². The molecule has 100 valence electrons. The largest absolute Gasteiger partial charge is 0.506 e. The number of rotatable bonds is 2. The number of halogens is 3. The predicted molar refractivity (Wildman–Crippen MR) is 59.2 cm³/mol. The molecule has 0 spiro atoms. The molecule has 4 nitrogen and oxygen atoms in total. The van der Waals surface area contributed by atoms with Crippen LogP contribution in [0.4, 0.5) is 13.2 Å². The third-order valence-electron chi connectivity index (χ3n) is 2.46. The zero-order valence-electron chi connectivity index (χ0n) is 9.71. The number of hydrogen-bond acceptors (Lipinski definition) is 4. The first-order chi connectivity index (χ1) is 8.97. The number of hydrogen-bond donors (Lipinski definition) is 1. The van der Waals surface area contributed by atoms with Gasteiger partial charge in [0.15, 0.2) is 17.5 Å². The maximum absolute atomic E-state index is 13.6. The Bertz CT molecular complexity index is 673.